The molecule has 0 aromatic heterocycles. The molecule has 3 nitrogen and oxygen atoms in total. The van der Waals surface area contributed by atoms with Gasteiger partial charge >= 0.3 is 0 Å². The van der Waals surface area contributed by atoms with Crippen LogP contribution in [0.1, 0.15) is 21.5 Å². The number of halogens is 2. The number of aryl methyl sites for hydroxylation is 2. The second kappa shape index (κ2) is 5.97. The molecule has 1 amide bonds. The first-order valence-electron chi connectivity index (χ1n) is 5.94. The predicted octanol–water partition coefficient (Wildman–Crippen LogP) is 4.79. The summed E-state index contributed by atoms with van der Waals surface area (Å²) in [5.74, 6) is 0.0332. The van der Waals surface area contributed by atoms with E-state index in [4.69, 9.17) is 0 Å². The van der Waals surface area contributed by atoms with E-state index in [9.17, 15) is 9.90 Å². The van der Waals surface area contributed by atoms with Crippen molar-refractivity contribution >= 4 is 43.5 Å². The largest absolute Gasteiger partial charge is 0.508 e. The van der Waals surface area contributed by atoms with Gasteiger partial charge in [0.15, 0.2) is 0 Å². The summed E-state index contributed by atoms with van der Waals surface area (Å²) in [5.41, 5.74) is 2.79. The van der Waals surface area contributed by atoms with E-state index in [0.29, 0.717) is 11.3 Å². The minimum atomic E-state index is -0.194. The van der Waals surface area contributed by atoms with Gasteiger partial charge in [0.1, 0.15) is 5.75 Å². The highest BCUT2D eigenvalue weighted by molar-refractivity contribution is 9.11. The Bertz CT molecular complexity index is 664. The third-order valence-electron chi connectivity index (χ3n) is 2.92. The molecule has 2 N–H and O–H groups in total. The van der Waals surface area contributed by atoms with Gasteiger partial charge in [-0.15, -0.1) is 0 Å². The van der Waals surface area contributed by atoms with E-state index in [1.165, 1.54) is 0 Å². The van der Waals surface area contributed by atoms with Gasteiger partial charge in [0.25, 0.3) is 5.91 Å². The molecule has 0 atom stereocenters. The van der Waals surface area contributed by atoms with Crippen molar-refractivity contribution in [2.45, 2.75) is 13.8 Å². The first kappa shape index (κ1) is 15.1. The summed E-state index contributed by atoms with van der Waals surface area (Å²) in [6.07, 6.45) is 0. The van der Waals surface area contributed by atoms with E-state index in [1.807, 2.05) is 13.0 Å². The number of hydrogen-bond acceptors (Lipinski definition) is 2. The molecule has 2 aromatic rings. The number of anilines is 1. The second-order valence-corrected chi connectivity index (χ2v) is 6.40. The molecule has 104 valence electrons. The molecule has 0 radical (unpaired) electrons. The van der Waals surface area contributed by atoms with Gasteiger partial charge in [0.2, 0.25) is 0 Å². The molecule has 2 aromatic carbocycles. The van der Waals surface area contributed by atoms with Crippen molar-refractivity contribution in [3.8, 4) is 5.75 Å². The molecular formula is C15H13Br2NO2. The topological polar surface area (TPSA) is 49.3 Å². The van der Waals surface area contributed by atoms with E-state index in [1.54, 1.807) is 31.2 Å². The lowest BCUT2D eigenvalue weighted by Gasteiger charge is -2.11. The first-order chi connectivity index (χ1) is 9.36. The fourth-order valence-corrected chi connectivity index (χ4v) is 3.11. The predicted molar refractivity (Wildman–Crippen MR) is 87.4 cm³/mol. The Morgan fingerprint density at radius 2 is 1.60 bits per heavy atom. The number of hydrogen-bond donors (Lipinski definition) is 2. The van der Waals surface area contributed by atoms with Gasteiger partial charge in [-0.05, 0) is 55.3 Å². The van der Waals surface area contributed by atoms with Crippen LogP contribution in [-0.4, -0.2) is 11.0 Å². The maximum Gasteiger partial charge on any atom is 0.255 e. The molecule has 0 heterocycles. The molecule has 0 aliphatic rings. The fraction of sp³-hybridized carbons (Fsp3) is 0.133. The van der Waals surface area contributed by atoms with Gasteiger partial charge in [-0.1, -0.05) is 31.9 Å². The van der Waals surface area contributed by atoms with E-state index in [0.717, 1.165) is 20.1 Å². The molecule has 5 heteroatoms. The Labute approximate surface area is 134 Å². The van der Waals surface area contributed by atoms with Crippen LogP contribution in [0.4, 0.5) is 5.69 Å². The molecule has 20 heavy (non-hydrogen) atoms. The van der Waals surface area contributed by atoms with Crippen LogP contribution in [0.3, 0.4) is 0 Å². The summed E-state index contributed by atoms with van der Waals surface area (Å²) in [6.45, 7) is 3.63. The van der Waals surface area contributed by atoms with Crippen LogP contribution in [0.15, 0.2) is 39.3 Å². The SMILES string of the molecule is Cc1cc(NC(=O)c2cc(Br)cc(Br)c2)c(C)cc1O. The summed E-state index contributed by atoms with van der Waals surface area (Å²) in [5, 5.41) is 12.5. The van der Waals surface area contributed by atoms with Crippen LogP contribution in [0.25, 0.3) is 0 Å². The van der Waals surface area contributed by atoms with Gasteiger partial charge < -0.3 is 10.4 Å². The third-order valence-corrected chi connectivity index (χ3v) is 3.83. The molecule has 0 aliphatic heterocycles. The number of phenolic OH excluding ortho intramolecular Hbond substituents is 1. The van der Waals surface area contributed by atoms with Crippen molar-refractivity contribution in [2.24, 2.45) is 0 Å². The van der Waals surface area contributed by atoms with Crippen molar-refractivity contribution in [2.75, 3.05) is 5.32 Å². The van der Waals surface area contributed by atoms with E-state index < -0.39 is 0 Å². The van der Waals surface area contributed by atoms with Crippen molar-refractivity contribution in [1.82, 2.24) is 0 Å². The van der Waals surface area contributed by atoms with Crippen LogP contribution >= 0.6 is 31.9 Å². The monoisotopic (exact) mass is 397 g/mol. The molecule has 0 aliphatic carbocycles. The van der Waals surface area contributed by atoms with Crippen molar-refractivity contribution in [3.63, 3.8) is 0 Å². The average molecular weight is 399 g/mol. The van der Waals surface area contributed by atoms with Gasteiger partial charge in [-0.2, -0.15) is 0 Å². The summed E-state index contributed by atoms with van der Waals surface area (Å²) in [4.78, 5) is 12.3. The second-order valence-electron chi connectivity index (χ2n) is 4.57. The van der Waals surface area contributed by atoms with Crippen LogP contribution in [-0.2, 0) is 0 Å². The molecule has 0 fully saturated rings. The highest BCUT2D eigenvalue weighted by atomic mass is 79.9. The van der Waals surface area contributed by atoms with Crippen molar-refractivity contribution < 1.29 is 9.90 Å². The third kappa shape index (κ3) is 3.41. The summed E-state index contributed by atoms with van der Waals surface area (Å²) in [6, 6.07) is 8.77. The number of phenols is 1. The molecule has 0 saturated heterocycles. The quantitative estimate of drug-likeness (QED) is 0.714. The van der Waals surface area contributed by atoms with Crippen molar-refractivity contribution in [1.29, 1.82) is 0 Å². The average Bonchev–Trinajstić information content (AvgIpc) is 2.34. The fourth-order valence-electron chi connectivity index (χ4n) is 1.82. The molecule has 0 spiro atoms. The lowest BCUT2D eigenvalue weighted by molar-refractivity contribution is 0.102. The smallest absolute Gasteiger partial charge is 0.255 e. The molecule has 0 bridgehead atoms. The molecule has 0 unspecified atom stereocenters. The molecule has 2 rings (SSSR count). The van der Waals surface area contributed by atoms with Gasteiger partial charge in [-0.25, -0.2) is 0 Å². The zero-order valence-corrected chi connectivity index (χ0v) is 14.2. The van der Waals surface area contributed by atoms with Crippen molar-refractivity contribution in [3.05, 3.63) is 56.0 Å². The van der Waals surface area contributed by atoms with Gasteiger partial charge in [-0.3, -0.25) is 4.79 Å². The Morgan fingerprint density at radius 1 is 1.00 bits per heavy atom. The van der Waals surface area contributed by atoms with Gasteiger partial charge in [0, 0.05) is 20.2 Å². The number of aromatic hydroxyl groups is 1. The minimum absolute atomic E-state index is 0.194. The zero-order valence-electron chi connectivity index (χ0n) is 11.0. The van der Waals surface area contributed by atoms with Crippen LogP contribution in [0.2, 0.25) is 0 Å². The summed E-state index contributed by atoms with van der Waals surface area (Å²) < 4.78 is 1.66. The number of carbonyl (C=O) groups excluding carboxylic acids is 1. The highest BCUT2D eigenvalue weighted by Crippen LogP contribution is 2.26. The Kier molecular flexibility index (Phi) is 4.50. The Hall–Kier alpha value is -1.33. The summed E-state index contributed by atoms with van der Waals surface area (Å²) >= 11 is 6.72. The molecular weight excluding hydrogens is 386 g/mol. The van der Waals surface area contributed by atoms with Crippen LogP contribution in [0, 0.1) is 13.8 Å². The minimum Gasteiger partial charge on any atom is -0.508 e. The van der Waals surface area contributed by atoms with E-state index in [2.05, 4.69) is 37.2 Å². The number of amides is 1. The molecule has 0 saturated carbocycles. The number of rotatable bonds is 2. The van der Waals surface area contributed by atoms with Crippen LogP contribution in [0.5, 0.6) is 5.75 Å². The first-order valence-corrected chi connectivity index (χ1v) is 7.53. The Morgan fingerprint density at radius 3 is 2.20 bits per heavy atom. The Balaban J connectivity index is 2.30. The number of benzene rings is 2. The summed E-state index contributed by atoms with van der Waals surface area (Å²) in [7, 11) is 0. The van der Waals surface area contributed by atoms with Crippen LogP contribution < -0.4 is 5.32 Å². The maximum atomic E-state index is 12.3. The maximum absolute atomic E-state index is 12.3. The standard InChI is InChI=1S/C15H13Br2NO2/c1-8-4-14(19)9(2)3-13(8)18-15(20)10-5-11(16)7-12(17)6-10/h3-7,19H,1-2H3,(H,18,20). The number of nitrogens with one attached hydrogen (secondary N) is 1. The highest BCUT2D eigenvalue weighted by Gasteiger charge is 2.11. The zero-order chi connectivity index (χ0) is 14.9. The van der Waals surface area contributed by atoms with E-state index >= 15 is 0 Å². The number of carbonyl (C=O) groups is 1. The van der Waals surface area contributed by atoms with Gasteiger partial charge in [0.05, 0.1) is 0 Å². The lowest BCUT2D eigenvalue weighted by atomic mass is 10.1. The van der Waals surface area contributed by atoms with E-state index in [-0.39, 0.29) is 11.7 Å². The normalized spacial score (nSPS) is 10.4. The lowest BCUT2D eigenvalue weighted by Crippen LogP contribution is -2.13.